The number of amides is 1. The summed E-state index contributed by atoms with van der Waals surface area (Å²) in [4.78, 5) is 16.9. The lowest BCUT2D eigenvalue weighted by Gasteiger charge is -2.33. The van der Waals surface area contributed by atoms with Crippen molar-refractivity contribution in [3.63, 3.8) is 0 Å². The van der Waals surface area contributed by atoms with Crippen LogP contribution >= 0.6 is 0 Å². The lowest BCUT2D eigenvalue weighted by atomic mass is 10.00. The molecule has 1 amide bonds. The number of likely N-dealkylation sites (N-methyl/N-ethyl adjacent to an activating group) is 1. The first-order valence-electron chi connectivity index (χ1n) is 7.32. The maximum atomic E-state index is 12.6. The number of morpholine rings is 1. The molecule has 2 aliphatic rings. The van der Waals surface area contributed by atoms with E-state index in [0.717, 1.165) is 31.8 Å². The molecule has 0 aliphatic carbocycles. The van der Waals surface area contributed by atoms with Crippen LogP contribution in [-0.4, -0.2) is 61.1 Å². The molecule has 3 rings (SSSR count). The van der Waals surface area contributed by atoms with Crippen LogP contribution in [0.2, 0.25) is 0 Å². The SMILES string of the molecule is C[C@H](C(=O)N1C[C@H]2OCCN(C)[C@H]2C1)c1ccccc1. The van der Waals surface area contributed by atoms with Crippen molar-refractivity contribution in [2.45, 2.75) is 25.0 Å². The average molecular weight is 274 g/mol. The molecule has 0 bridgehead atoms. The summed E-state index contributed by atoms with van der Waals surface area (Å²) in [5, 5.41) is 0. The Morgan fingerprint density at radius 1 is 1.30 bits per heavy atom. The van der Waals surface area contributed by atoms with Gasteiger partial charge in [-0.1, -0.05) is 30.3 Å². The Hall–Kier alpha value is -1.39. The zero-order valence-corrected chi connectivity index (χ0v) is 12.2. The lowest BCUT2D eigenvalue weighted by Crippen LogP contribution is -2.48. The molecular formula is C16H22N2O2. The smallest absolute Gasteiger partial charge is 0.229 e. The van der Waals surface area contributed by atoms with Crippen molar-refractivity contribution >= 4 is 5.91 Å². The normalized spacial score (nSPS) is 28.2. The van der Waals surface area contributed by atoms with E-state index in [1.807, 2.05) is 42.2 Å². The van der Waals surface area contributed by atoms with Gasteiger partial charge in [0.15, 0.2) is 0 Å². The first-order valence-corrected chi connectivity index (χ1v) is 7.32. The molecule has 108 valence electrons. The van der Waals surface area contributed by atoms with Crippen molar-refractivity contribution in [3.8, 4) is 0 Å². The van der Waals surface area contributed by atoms with Crippen LogP contribution in [0, 0.1) is 0 Å². The minimum atomic E-state index is -0.0818. The minimum Gasteiger partial charge on any atom is -0.373 e. The predicted molar refractivity (Wildman–Crippen MR) is 77.6 cm³/mol. The van der Waals surface area contributed by atoms with Crippen LogP contribution in [0.25, 0.3) is 0 Å². The van der Waals surface area contributed by atoms with Gasteiger partial charge in [-0.05, 0) is 19.5 Å². The Labute approximate surface area is 120 Å². The van der Waals surface area contributed by atoms with Gasteiger partial charge in [0, 0.05) is 19.6 Å². The molecule has 0 radical (unpaired) electrons. The van der Waals surface area contributed by atoms with Crippen LogP contribution < -0.4 is 0 Å². The first kappa shape index (κ1) is 13.6. The fraction of sp³-hybridized carbons (Fsp3) is 0.562. The summed E-state index contributed by atoms with van der Waals surface area (Å²) in [7, 11) is 2.12. The first-order chi connectivity index (χ1) is 9.66. The summed E-state index contributed by atoms with van der Waals surface area (Å²) in [5.41, 5.74) is 1.08. The number of rotatable bonds is 2. The molecule has 1 aromatic rings. The van der Waals surface area contributed by atoms with Crippen LogP contribution in [0.1, 0.15) is 18.4 Å². The Morgan fingerprint density at radius 3 is 2.75 bits per heavy atom. The zero-order valence-electron chi connectivity index (χ0n) is 12.2. The number of fused-ring (bicyclic) bond motifs is 1. The fourth-order valence-corrected chi connectivity index (χ4v) is 3.20. The second-order valence-corrected chi connectivity index (χ2v) is 5.83. The van der Waals surface area contributed by atoms with Gasteiger partial charge in [-0.25, -0.2) is 0 Å². The largest absolute Gasteiger partial charge is 0.373 e. The van der Waals surface area contributed by atoms with E-state index in [4.69, 9.17) is 4.74 Å². The van der Waals surface area contributed by atoms with Crippen molar-refractivity contribution in [1.82, 2.24) is 9.80 Å². The summed E-state index contributed by atoms with van der Waals surface area (Å²) in [6.07, 6.45) is 0.181. The molecule has 1 aromatic carbocycles. The van der Waals surface area contributed by atoms with Gasteiger partial charge < -0.3 is 9.64 Å². The molecule has 0 saturated carbocycles. The zero-order chi connectivity index (χ0) is 14.1. The summed E-state index contributed by atoms with van der Waals surface area (Å²) in [6, 6.07) is 10.4. The second kappa shape index (κ2) is 5.54. The second-order valence-electron chi connectivity index (χ2n) is 5.83. The number of likely N-dealkylation sites (tertiary alicyclic amines) is 1. The molecule has 2 aliphatic heterocycles. The Kier molecular flexibility index (Phi) is 3.76. The molecule has 2 fully saturated rings. The summed E-state index contributed by atoms with van der Waals surface area (Å²) < 4.78 is 5.80. The van der Waals surface area contributed by atoms with E-state index in [0.29, 0.717) is 6.04 Å². The third-order valence-corrected chi connectivity index (χ3v) is 4.56. The summed E-state index contributed by atoms with van der Waals surface area (Å²) >= 11 is 0. The van der Waals surface area contributed by atoms with E-state index in [2.05, 4.69) is 11.9 Å². The molecule has 2 heterocycles. The van der Waals surface area contributed by atoms with Gasteiger partial charge in [0.2, 0.25) is 5.91 Å². The molecule has 0 N–H and O–H groups in total. The van der Waals surface area contributed by atoms with E-state index < -0.39 is 0 Å². The van der Waals surface area contributed by atoms with Crippen LogP contribution in [0.4, 0.5) is 0 Å². The molecule has 2 saturated heterocycles. The molecule has 0 aromatic heterocycles. The van der Waals surface area contributed by atoms with Gasteiger partial charge in [0.1, 0.15) is 0 Å². The maximum Gasteiger partial charge on any atom is 0.229 e. The van der Waals surface area contributed by atoms with Gasteiger partial charge in [-0.3, -0.25) is 9.69 Å². The quantitative estimate of drug-likeness (QED) is 0.815. The topological polar surface area (TPSA) is 32.8 Å². The Morgan fingerprint density at radius 2 is 2.05 bits per heavy atom. The van der Waals surface area contributed by atoms with Crippen LogP contribution in [0.15, 0.2) is 30.3 Å². The lowest BCUT2D eigenvalue weighted by molar-refractivity contribution is -0.131. The number of benzene rings is 1. The van der Waals surface area contributed by atoms with Gasteiger partial charge in [0.25, 0.3) is 0 Å². The maximum absolute atomic E-state index is 12.6. The number of carbonyl (C=O) groups is 1. The Balaban J connectivity index is 1.69. The van der Waals surface area contributed by atoms with E-state index in [1.165, 1.54) is 0 Å². The van der Waals surface area contributed by atoms with Gasteiger partial charge in [-0.15, -0.1) is 0 Å². The number of nitrogens with zero attached hydrogens (tertiary/aromatic N) is 2. The van der Waals surface area contributed by atoms with Crippen molar-refractivity contribution < 1.29 is 9.53 Å². The number of ether oxygens (including phenoxy) is 1. The molecule has 4 nitrogen and oxygen atoms in total. The van der Waals surface area contributed by atoms with Gasteiger partial charge >= 0.3 is 0 Å². The fourth-order valence-electron chi connectivity index (χ4n) is 3.20. The van der Waals surface area contributed by atoms with Crippen molar-refractivity contribution in [2.75, 3.05) is 33.3 Å². The molecule has 3 atom stereocenters. The average Bonchev–Trinajstić information content (AvgIpc) is 2.92. The third-order valence-electron chi connectivity index (χ3n) is 4.56. The summed E-state index contributed by atoms with van der Waals surface area (Å²) in [6.45, 7) is 5.23. The highest BCUT2D eigenvalue weighted by Crippen LogP contribution is 2.25. The highest BCUT2D eigenvalue weighted by Gasteiger charge is 2.41. The predicted octanol–water partition coefficient (Wildman–Crippen LogP) is 1.33. The van der Waals surface area contributed by atoms with Crippen LogP contribution in [0.5, 0.6) is 0 Å². The molecule has 0 unspecified atom stereocenters. The van der Waals surface area contributed by atoms with E-state index in [-0.39, 0.29) is 17.9 Å². The van der Waals surface area contributed by atoms with Crippen molar-refractivity contribution in [2.24, 2.45) is 0 Å². The monoisotopic (exact) mass is 274 g/mol. The van der Waals surface area contributed by atoms with E-state index in [9.17, 15) is 4.79 Å². The van der Waals surface area contributed by atoms with Crippen LogP contribution in [0.3, 0.4) is 0 Å². The van der Waals surface area contributed by atoms with Crippen molar-refractivity contribution in [1.29, 1.82) is 0 Å². The number of hydrogen-bond acceptors (Lipinski definition) is 3. The molecule has 4 heteroatoms. The highest BCUT2D eigenvalue weighted by molar-refractivity contribution is 5.83. The molecular weight excluding hydrogens is 252 g/mol. The van der Waals surface area contributed by atoms with Gasteiger partial charge in [0.05, 0.1) is 24.7 Å². The standard InChI is InChI=1S/C16H22N2O2/c1-12(13-6-4-3-5-7-13)16(19)18-10-14-15(11-18)20-9-8-17(14)2/h3-7,12,14-15H,8-11H2,1-2H3/t12-,14-,15+/m0/s1. The molecule has 20 heavy (non-hydrogen) atoms. The van der Waals surface area contributed by atoms with Gasteiger partial charge in [-0.2, -0.15) is 0 Å². The minimum absolute atomic E-state index is 0.0818. The molecule has 0 spiro atoms. The highest BCUT2D eigenvalue weighted by atomic mass is 16.5. The Bertz CT molecular complexity index is 477. The van der Waals surface area contributed by atoms with Crippen molar-refractivity contribution in [3.05, 3.63) is 35.9 Å². The van der Waals surface area contributed by atoms with E-state index >= 15 is 0 Å². The van der Waals surface area contributed by atoms with E-state index in [1.54, 1.807) is 0 Å². The number of carbonyl (C=O) groups excluding carboxylic acids is 1. The number of hydrogen-bond donors (Lipinski definition) is 0. The third kappa shape index (κ3) is 2.45. The summed E-state index contributed by atoms with van der Waals surface area (Å²) in [5.74, 6) is 0.129. The van der Waals surface area contributed by atoms with Crippen LogP contribution in [-0.2, 0) is 9.53 Å².